The monoisotopic (exact) mass is 299 g/mol. The van der Waals surface area contributed by atoms with E-state index in [0.29, 0.717) is 0 Å². The predicted octanol–water partition coefficient (Wildman–Crippen LogP) is 3.26. The first-order valence-corrected chi connectivity index (χ1v) is 7.77. The summed E-state index contributed by atoms with van der Waals surface area (Å²) >= 11 is 0. The lowest BCUT2D eigenvalue weighted by molar-refractivity contribution is 0.167. The molecule has 0 radical (unpaired) electrons. The lowest BCUT2D eigenvalue weighted by atomic mass is 10.1. The van der Waals surface area contributed by atoms with Crippen molar-refractivity contribution in [3.63, 3.8) is 0 Å². The van der Waals surface area contributed by atoms with Crippen LogP contribution in [-0.4, -0.2) is 25.3 Å². The highest BCUT2D eigenvalue weighted by molar-refractivity contribution is 5.27. The Morgan fingerprint density at radius 1 is 1.00 bits per heavy atom. The van der Waals surface area contributed by atoms with Gasteiger partial charge in [-0.1, -0.05) is 42.0 Å². The highest BCUT2D eigenvalue weighted by atomic mass is 16.5. The molecule has 0 aliphatic carbocycles. The molecule has 0 aliphatic rings. The van der Waals surface area contributed by atoms with Gasteiger partial charge < -0.3 is 15.2 Å². The Bertz CT molecular complexity index is 549. The Hall–Kier alpha value is -1.84. The van der Waals surface area contributed by atoms with Crippen molar-refractivity contribution >= 4 is 0 Å². The van der Waals surface area contributed by atoms with E-state index in [-0.39, 0.29) is 0 Å². The normalized spacial score (nSPS) is 12.1. The fourth-order valence-corrected chi connectivity index (χ4v) is 2.34. The van der Waals surface area contributed by atoms with Crippen LogP contribution in [0.2, 0.25) is 0 Å². The van der Waals surface area contributed by atoms with E-state index in [1.165, 1.54) is 11.1 Å². The van der Waals surface area contributed by atoms with Crippen molar-refractivity contribution in [1.29, 1.82) is 0 Å². The largest absolute Gasteiger partial charge is 0.497 e. The Morgan fingerprint density at radius 2 is 1.68 bits per heavy atom. The Kier molecular flexibility index (Phi) is 6.44. The van der Waals surface area contributed by atoms with Crippen LogP contribution in [0.4, 0.5) is 0 Å². The molecule has 2 aromatic rings. The number of hydrogen-bond donors (Lipinski definition) is 2. The molecule has 0 spiro atoms. The number of benzene rings is 2. The van der Waals surface area contributed by atoms with Gasteiger partial charge in [-0.25, -0.2) is 0 Å². The van der Waals surface area contributed by atoms with Gasteiger partial charge in [-0.3, -0.25) is 0 Å². The lowest BCUT2D eigenvalue weighted by Gasteiger charge is -2.12. The number of hydrogen-bond acceptors (Lipinski definition) is 3. The molecule has 3 heteroatoms. The molecule has 1 unspecified atom stereocenters. The number of aryl methyl sites for hydroxylation is 1. The quantitative estimate of drug-likeness (QED) is 0.735. The second-order valence-corrected chi connectivity index (χ2v) is 5.56. The van der Waals surface area contributed by atoms with Gasteiger partial charge in [0.05, 0.1) is 13.2 Å². The van der Waals surface area contributed by atoms with Gasteiger partial charge in [0.1, 0.15) is 5.75 Å². The second kappa shape index (κ2) is 8.57. The van der Waals surface area contributed by atoms with Crippen molar-refractivity contribution in [1.82, 2.24) is 5.32 Å². The van der Waals surface area contributed by atoms with Crippen molar-refractivity contribution in [2.24, 2.45) is 0 Å². The van der Waals surface area contributed by atoms with Crippen LogP contribution >= 0.6 is 0 Å². The third kappa shape index (κ3) is 5.17. The number of rotatable bonds is 8. The molecule has 2 rings (SSSR count). The van der Waals surface area contributed by atoms with Crippen LogP contribution in [-0.2, 0) is 6.42 Å². The van der Waals surface area contributed by atoms with E-state index in [1.54, 1.807) is 7.11 Å². The lowest BCUT2D eigenvalue weighted by Crippen LogP contribution is -2.20. The number of ether oxygens (including phenoxy) is 1. The fraction of sp³-hybridized carbons (Fsp3) is 0.368. The Balaban J connectivity index is 1.65. The summed E-state index contributed by atoms with van der Waals surface area (Å²) in [6, 6.07) is 16.2. The van der Waals surface area contributed by atoms with Crippen LogP contribution in [0, 0.1) is 6.92 Å². The van der Waals surface area contributed by atoms with E-state index >= 15 is 0 Å². The van der Waals surface area contributed by atoms with Gasteiger partial charge in [-0.15, -0.1) is 0 Å². The number of nitrogens with one attached hydrogen (secondary N) is 1. The molecule has 2 aromatic carbocycles. The van der Waals surface area contributed by atoms with Crippen LogP contribution in [0.3, 0.4) is 0 Å². The third-order valence-corrected chi connectivity index (χ3v) is 3.81. The minimum absolute atomic E-state index is 0.394. The van der Waals surface area contributed by atoms with E-state index in [0.717, 1.165) is 37.2 Å². The zero-order valence-electron chi connectivity index (χ0n) is 13.4. The van der Waals surface area contributed by atoms with Crippen LogP contribution in [0.15, 0.2) is 48.5 Å². The minimum Gasteiger partial charge on any atom is -0.497 e. The first-order chi connectivity index (χ1) is 10.7. The summed E-state index contributed by atoms with van der Waals surface area (Å²) < 4.78 is 5.14. The van der Waals surface area contributed by atoms with Crippen molar-refractivity contribution < 1.29 is 9.84 Å². The molecule has 22 heavy (non-hydrogen) atoms. The van der Waals surface area contributed by atoms with Crippen molar-refractivity contribution in [2.45, 2.75) is 25.9 Å². The summed E-state index contributed by atoms with van der Waals surface area (Å²) in [7, 11) is 1.68. The molecule has 1 atom stereocenters. The van der Waals surface area contributed by atoms with Crippen molar-refractivity contribution in [2.75, 3.05) is 20.2 Å². The van der Waals surface area contributed by atoms with Gasteiger partial charge in [-0.05, 0) is 56.1 Å². The minimum atomic E-state index is -0.394. The third-order valence-electron chi connectivity index (χ3n) is 3.81. The van der Waals surface area contributed by atoms with E-state index in [1.807, 2.05) is 36.4 Å². The number of aliphatic hydroxyl groups excluding tert-OH is 1. The molecule has 0 bridgehead atoms. The summed E-state index contributed by atoms with van der Waals surface area (Å²) in [5.74, 6) is 0.887. The molecule has 0 amide bonds. The molecule has 0 aliphatic heterocycles. The van der Waals surface area contributed by atoms with Gasteiger partial charge in [0.15, 0.2) is 0 Å². The second-order valence-electron chi connectivity index (χ2n) is 5.56. The molecule has 0 aromatic heterocycles. The van der Waals surface area contributed by atoms with E-state index < -0.39 is 6.10 Å². The molecule has 0 saturated heterocycles. The maximum Gasteiger partial charge on any atom is 0.118 e. The molecule has 0 heterocycles. The number of aliphatic hydroxyl groups is 1. The van der Waals surface area contributed by atoms with Crippen LogP contribution in [0.5, 0.6) is 5.75 Å². The molecule has 3 nitrogen and oxygen atoms in total. The van der Waals surface area contributed by atoms with E-state index in [4.69, 9.17) is 4.74 Å². The summed E-state index contributed by atoms with van der Waals surface area (Å²) in [6.07, 6.45) is 1.31. The summed E-state index contributed by atoms with van der Waals surface area (Å²) in [5, 5.41) is 13.5. The van der Waals surface area contributed by atoms with E-state index in [9.17, 15) is 5.11 Å². The van der Waals surface area contributed by atoms with Crippen molar-refractivity contribution in [3.05, 3.63) is 65.2 Å². The maximum atomic E-state index is 10.1. The summed E-state index contributed by atoms with van der Waals surface area (Å²) in [4.78, 5) is 0. The van der Waals surface area contributed by atoms with Gasteiger partial charge >= 0.3 is 0 Å². The Morgan fingerprint density at radius 3 is 2.32 bits per heavy atom. The Labute approximate surface area is 133 Å². The zero-order chi connectivity index (χ0) is 15.8. The van der Waals surface area contributed by atoms with Crippen LogP contribution in [0.1, 0.15) is 29.2 Å². The standard InChI is InChI=1S/C19H25NO2/c1-15-3-7-17(8-4-15)19(21)12-14-20-13-11-16-5-9-18(22-2)10-6-16/h3-10,19-21H,11-14H2,1-2H3. The van der Waals surface area contributed by atoms with E-state index in [2.05, 4.69) is 24.4 Å². The molecule has 118 valence electrons. The van der Waals surface area contributed by atoms with Gasteiger partial charge in [-0.2, -0.15) is 0 Å². The molecule has 0 saturated carbocycles. The molecule has 0 fully saturated rings. The highest BCUT2D eigenvalue weighted by Gasteiger charge is 2.06. The first kappa shape index (κ1) is 16.5. The SMILES string of the molecule is COc1ccc(CCNCCC(O)c2ccc(C)cc2)cc1. The smallest absolute Gasteiger partial charge is 0.118 e. The zero-order valence-corrected chi connectivity index (χ0v) is 13.4. The molecule has 2 N–H and O–H groups in total. The maximum absolute atomic E-state index is 10.1. The van der Waals surface area contributed by atoms with Gasteiger partial charge in [0.25, 0.3) is 0 Å². The fourth-order valence-electron chi connectivity index (χ4n) is 2.34. The number of methoxy groups -OCH3 is 1. The molecular weight excluding hydrogens is 274 g/mol. The average Bonchev–Trinajstić information content (AvgIpc) is 2.55. The van der Waals surface area contributed by atoms with Crippen LogP contribution < -0.4 is 10.1 Å². The van der Waals surface area contributed by atoms with Crippen molar-refractivity contribution in [3.8, 4) is 5.75 Å². The van der Waals surface area contributed by atoms with Gasteiger partial charge in [0.2, 0.25) is 0 Å². The topological polar surface area (TPSA) is 41.5 Å². The van der Waals surface area contributed by atoms with Crippen LogP contribution in [0.25, 0.3) is 0 Å². The molecular formula is C19H25NO2. The predicted molar refractivity (Wildman–Crippen MR) is 90.3 cm³/mol. The summed E-state index contributed by atoms with van der Waals surface area (Å²) in [5.41, 5.74) is 3.49. The highest BCUT2D eigenvalue weighted by Crippen LogP contribution is 2.16. The summed E-state index contributed by atoms with van der Waals surface area (Å²) in [6.45, 7) is 3.77. The first-order valence-electron chi connectivity index (χ1n) is 7.77. The van der Waals surface area contributed by atoms with Gasteiger partial charge in [0, 0.05) is 0 Å². The average molecular weight is 299 g/mol.